The fourth-order valence-corrected chi connectivity index (χ4v) is 3.25. The van der Waals surface area contributed by atoms with Crippen molar-refractivity contribution in [2.24, 2.45) is 0 Å². The lowest BCUT2D eigenvalue weighted by atomic mass is 9.97. The number of amides is 2. The Bertz CT molecular complexity index is 949. The van der Waals surface area contributed by atoms with E-state index < -0.39 is 5.92 Å². The van der Waals surface area contributed by atoms with E-state index >= 15 is 0 Å². The van der Waals surface area contributed by atoms with Crippen molar-refractivity contribution in [2.75, 3.05) is 10.6 Å². The van der Waals surface area contributed by atoms with Gasteiger partial charge >= 0.3 is 0 Å². The number of fused-ring (bicyclic) bond motifs is 1. The molecule has 0 aliphatic carbocycles. The van der Waals surface area contributed by atoms with Gasteiger partial charge in [-0.3, -0.25) is 9.59 Å². The number of hydrogen-bond acceptors (Lipinski definition) is 2. The van der Waals surface area contributed by atoms with Crippen LogP contribution in [0.15, 0.2) is 78.9 Å². The third-order valence-corrected chi connectivity index (χ3v) is 4.58. The van der Waals surface area contributed by atoms with E-state index in [1.807, 2.05) is 78.9 Å². The minimum Gasteiger partial charge on any atom is -0.326 e. The molecular formula is C22H18N2O2. The lowest BCUT2D eigenvalue weighted by molar-refractivity contribution is -0.122. The molecule has 0 saturated heterocycles. The van der Waals surface area contributed by atoms with Crippen LogP contribution in [0.5, 0.6) is 0 Å². The molecule has 3 aromatic rings. The Morgan fingerprint density at radius 3 is 2.27 bits per heavy atom. The van der Waals surface area contributed by atoms with Gasteiger partial charge in [-0.1, -0.05) is 60.7 Å². The van der Waals surface area contributed by atoms with Crippen LogP contribution in [0.3, 0.4) is 0 Å². The first-order valence-electron chi connectivity index (χ1n) is 8.56. The summed E-state index contributed by atoms with van der Waals surface area (Å²) in [5, 5.41) is 5.70. The van der Waals surface area contributed by atoms with E-state index in [9.17, 15) is 9.59 Å². The third kappa shape index (κ3) is 3.22. The molecule has 2 amide bonds. The quantitative estimate of drug-likeness (QED) is 0.737. The van der Waals surface area contributed by atoms with Crippen molar-refractivity contribution in [1.82, 2.24) is 0 Å². The molecule has 0 fully saturated rings. The molecule has 26 heavy (non-hydrogen) atoms. The number of hydrogen-bond donors (Lipinski definition) is 2. The average Bonchev–Trinajstić information content (AvgIpc) is 2.98. The molecule has 4 nitrogen and oxygen atoms in total. The normalized spacial score (nSPS) is 15.2. The van der Waals surface area contributed by atoms with Crippen LogP contribution in [0.2, 0.25) is 0 Å². The van der Waals surface area contributed by atoms with Crippen LogP contribution >= 0.6 is 0 Å². The molecule has 0 spiro atoms. The zero-order valence-corrected chi connectivity index (χ0v) is 14.1. The molecule has 1 heterocycles. The maximum absolute atomic E-state index is 12.4. The van der Waals surface area contributed by atoms with Gasteiger partial charge in [-0.15, -0.1) is 0 Å². The van der Waals surface area contributed by atoms with Gasteiger partial charge in [0, 0.05) is 17.8 Å². The largest absolute Gasteiger partial charge is 0.326 e. The number of nitrogens with one attached hydrogen (secondary N) is 2. The number of rotatable bonds is 4. The molecule has 1 aliphatic rings. The van der Waals surface area contributed by atoms with Crippen LogP contribution in [0, 0.1) is 0 Å². The van der Waals surface area contributed by atoms with E-state index in [0.717, 1.165) is 28.1 Å². The molecule has 0 radical (unpaired) electrons. The molecule has 0 bridgehead atoms. The fraction of sp³-hybridized carbons (Fsp3) is 0.0909. The Balaban J connectivity index is 1.43. The molecule has 4 rings (SSSR count). The summed E-state index contributed by atoms with van der Waals surface area (Å²) in [6.45, 7) is 0. The van der Waals surface area contributed by atoms with E-state index in [2.05, 4.69) is 10.6 Å². The van der Waals surface area contributed by atoms with Crippen LogP contribution in [0.1, 0.15) is 17.9 Å². The van der Waals surface area contributed by atoms with E-state index in [0.29, 0.717) is 0 Å². The van der Waals surface area contributed by atoms with Gasteiger partial charge in [0.15, 0.2) is 0 Å². The van der Waals surface area contributed by atoms with Crippen LogP contribution < -0.4 is 10.6 Å². The lowest BCUT2D eigenvalue weighted by Crippen LogP contribution is -2.20. The van der Waals surface area contributed by atoms with E-state index in [4.69, 9.17) is 0 Å². The summed E-state index contributed by atoms with van der Waals surface area (Å²) in [4.78, 5) is 24.5. The second-order valence-electron chi connectivity index (χ2n) is 6.32. The van der Waals surface area contributed by atoms with Gasteiger partial charge in [-0.2, -0.15) is 0 Å². The van der Waals surface area contributed by atoms with E-state index in [1.54, 1.807) is 0 Å². The van der Waals surface area contributed by atoms with Crippen molar-refractivity contribution in [2.45, 2.75) is 12.3 Å². The molecule has 2 N–H and O–H groups in total. The van der Waals surface area contributed by atoms with Crippen LogP contribution in [-0.2, 0) is 9.59 Å². The van der Waals surface area contributed by atoms with Gasteiger partial charge in [0.1, 0.15) is 0 Å². The number of benzene rings is 3. The molecule has 1 unspecified atom stereocenters. The summed E-state index contributed by atoms with van der Waals surface area (Å²) < 4.78 is 0. The van der Waals surface area contributed by atoms with Crippen molar-refractivity contribution in [1.29, 1.82) is 0 Å². The first-order chi connectivity index (χ1) is 12.7. The smallest absolute Gasteiger partial charge is 0.232 e. The van der Waals surface area contributed by atoms with Gasteiger partial charge in [0.05, 0.1) is 5.92 Å². The summed E-state index contributed by atoms with van der Waals surface area (Å²) in [6, 6.07) is 25.3. The van der Waals surface area contributed by atoms with E-state index in [-0.39, 0.29) is 18.2 Å². The first kappa shape index (κ1) is 16.1. The predicted octanol–water partition coefficient (Wildman–Crippen LogP) is 4.42. The van der Waals surface area contributed by atoms with Crippen molar-refractivity contribution in [3.8, 4) is 11.1 Å². The number of para-hydroxylation sites is 1. The zero-order valence-electron chi connectivity index (χ0n) is 14.1. The molecule has 0 aromatic heterocycles. The van der Waals surface area contributed by atoms with Crippen molar-refractivity contribution in [3.05, 3.63) is 84.4 Å². The molecule has 0 saturated carbocycles. The highest BCUT2D eigenvalue weighted by atomic mass is 16.2. The second-order valence-corrected chi connectivity index (χ2v) is 6.32. The Labute approximate surface area is 151 Å². The van der Waals surface area contributed by atoms with Crippen LogP contribution in [-0.4, -0.2) is 11.8 Å². The Hall–Kier alpha value is -3.40. The average molecular weight is 342 g/mol. The molecule has 1 atom stereocenters. The highest BCUT2D eigenvalue weighted by Gasteiger charge is 2.31. The first-order valence-corrected chi connectivity index (χ1v) is 8.56. The maximum Gasteiger partial charge on any atom is 0.232 e. The van der Waals surface area contributed by atoms with Gasteiger partial charge in [0.25, 0.3) is 0 Å². The molecule has 3 aromatic carbocycles. The minimum atomic E-state index is -0.435. The van der Waals surface area contributed by atoms with Crippen molar-refractivity contribution < 1.29 is 9.59 Å². The third-order valence-electron chi connectivity index (χ3n) is 4.58. The summed E-state index contributed by atoms with van der Waals surface area (Å²) in [7, 11) is 0. The lowest BCUT2D eigenvalue weighted by Gasteiger charge is -2.10. The predicted molar refractivity (Wildman–Crippen MR) is 103 cm³/mol. The topological polar surface area (TPSA) is 58.2 Å². The Kier molecular flexibility index (Phi) is 4.23. The zero-order chi connectivity index (χ0) is 17.9. The second kappa shape index (κ2) is 6.84. The summed E-state index contributed by atoms with van der Waals surface area (Å²) in [5.41, 5.74) is 4.62. The van der Waals surface area contributed by atoms with E-state index in [1.165, 1.54) is 0 Å². The van der Waals surface area contributed by atoms with Gasteiger partial charge in [-0.25, -0.2) is 0 Å². The van der Waals surface area contributed by atoms with Crippen molar-refractivity contribution in [3.63, 3.8) is 0 Å². The molecule has 128 valence electrons. The fourth-order valence-electron chi connectivity index (χ4n) is 3.25. The van der Waals surface area contributed by atoms with Gasteiger partial charge < -0.3 is 10.6 Å². The van der Waals surface area contributed by atoms with Gasteiger partial charge in [0.2, 0.25) is 11.8 Å². The standard InChI is InChI=1S/C22H18N2O2/c25-21(14-19-18-8-4-5-9-20(18)24-22(19)26)23-17-12-10-16(11-13-17)15-6-2-1-3-7-15/h1-13,19H,14H2,(H,23,25)(H,24,26). The van der Waals surface area contributed by atoms with Crippen molar-refractivity contribution >= 4 is 23.2 Å². The molecule has 1 aliphatic heterocycles. The monoisotopic (exact) mass is 342 g/mol. The Morgan fingerprint density at radius 1 is 0.846 bits per heavy atom. The minimum absolute atomic E-state index is 0.124. The van der Waals surface area contributed by atoms with Gasteiger partial charge in [-0.05, 0) is 34.9 Å². The Morgan fingerprint density at radius 2 is 1.50 bits per heavy atom. The summed E-state index contributed by atoms with van der Waals surface area (Å²) in [6.07, 6.45) is 0.128. The number of anilines is 2. The molecular weight excluding hydrogens is 324 g/mol. The highest BCUT2D eigenvalue weighted by molar-refractivity contribution is 6.06. The summed E-state index contributed by atoms with van der Waals surface area (Å²) in [5.74, 6) is -0.732. The highest BCUT2D eigenvalue weighted by Crippen LogP contribution is 2.34. The SMILES string of the molecule is O=C(CC1C(=O)Nc2ccccc21)Nc1ccc(-c2ccccc2)cc1. The maximum atomic E-state index is 12.4. The van der Waals surface area contributed by atoms with Crippen LogP contribution in [0.4, 0.5) is 11.4 Å². The number of carbonyl (C=O) groups is 2. The summed E-state index contributed by atoms with van der Waals surface area (Å²) >= 11 is 0. The van der Waals surface area contributed by atoms with Crippen LogP contribution in [0.25, 0.3) is 11.1 Å². The molecule has 4 heteroatoms. The number of carbonyl (C=O) groups excluding carboxylic acids is 2.